The fraction of sp³-hybridized carbons (Fsp3) is 0.407. The summed E-state index contributed by atoms with van der Waals surface area (Å²) in [7, 11) is 0. The van der Waals surface area contributed by atoms with Gasteiger partial charge in [-0.3, -0.25) is 4.79 Å². The Bertz CT molecular complexity index is 1230. The van der Waals surface area contributed by atoms with E-state index in [9.17, 15) is 22.8 Å². The number of carbonyl (C=O) groups is 2. The van der Waals surface area contributed by atoms with E-state index in [1.807, 2.05) is 25.3 Å². The molecule has 2 atom stereocenters. The zero-order valence-electron chi connectivity index (χ0n) is 20.9. The van der Waals surface area contributed by atoms with Crippen LogP contribution in [0.5, 0.6) is 0 Å². The Kier molecular flexibility index (Phi) is 9.62. The molecule has 10 heteroatoms. The van der Waals surface area contributed by atoms with Gasteiger partial charge in [0.2, 0.25) is 0 Å². The van der Waals surface area contributed by atoms with E-state index in [4.69, 9.17) is 16.3 Å². The lowest BCUT2D eigenvalue weighted by atomic mass is 10.0. The molecule has 3 N–H and O–H groups in total. The second-order valence-electron chi connectivity index (χ2n) is 9.44. The molecule has 0 saturated heterocycles. The molecule has 0 aliphatic heterocycles. The number of esters is 1. The van der Waals surface area contributed by atoms with Gasteiger partial charge in [-0.25, -0.2) is 4.79 Å². The number of aromatic nitrogens is 1. The van der Waals surface area contributed by atoms with Crippen LogP contribution in [0.25, 0.3) is 10.9 Å². The van der Waals surface area contributed by atoms with E-state index < -0.39 is 18.2 Å². The first-order valence-electron chi connectivity index (χ1n) is 12.1. The van der Waals surface area contributed by atoms with Crippen LogP contribution < -0.4 is 10.6 Å². The number of para-hydroxylation sites is 1. The average Bonchev–Trinajstić information content (AvgIpc) is 3.23. The maximum Gasteiger partial charge on any atom is 0.490 e. The first-order chi connectivity index (χ1) is 17.5. The van der Waals surface area contributed by atoms with Gasteiger partial charge in [0.25, 0.3) is 5.91 Å². The van der Waals surface area contributed by atoms with Crippen molar-refractivity contribution in [2.45, 2.75) is 51.9 Å². The number of amides is 1. The van der Waals surface area contributed by atoms with E-state index in [0.717, 1.165) is 22.9 Å². The second-order valence-corrected chi connectivity index (χ2v) is 9.88. The Morgan fingerprint density at radius 1 is 1.11 bits per heavy atom. The number of carbonyl (C=O) groups excluding carboxylic acids is 2. The highest BCUT2D eigenvalue weighted by Gasteiger charge is 2.42. The second kappa shape index (κ2) is 12.5. The minimum absolute atomic E-state index is 0.0464. The minimum Gasteiger partial charge on any atom is -0.449 e. The molecule has 1 aromatic heterocycles. The molecule has 0 radical (unpaired) electrons. The SMILES string of the molecule is CC(C)CCNC(=O)c1cccc2c(C[C@@H](C)NC[C@H](OC(=O)C(F)(F)F)c3cccc(Cl)c3)c[nH]c12. The summed E-state index contributed by atoms with van der Waals surface area (Å²) in [6.07, 6.45) is -3.06. The summed E-state index contributed by atoms with van der Waals surface area (Å²) in [6.45, 7) is 6.61. The summed E-state index contributed by atoms with van der Waals surface area (Å²) in [4.78, 5) is 27.4. The van der Waals surface area contributed by atoms with Gasteiger partial charge < -0.3 is 20.4 Å². The van der Waals surface area contributed by atoms with E-state index in [-0.39, 0.29) is 18.5 Å². The summed E-state index contributed by atoms with van der Waals surface area (Å²) in [6, 6.07) is 11.5. The lowest BCUT2D eigenvalue weighted by Crippen LogP contribution is -2.35. The number of fused-ring (bicyclic) bond motifs is 1. The average molecular weight is 538 g/mol. The van der Waals surface area contributed by atoms with Crippen LogP contribution in [0.4, 0.5) is 13.2 Å². The topological polar surface area (TPSA) is 83.2 Å². The van der Waals surface area contributed by atoms with Crippen molar-refractivity contribution in [1.82, 2.24) is 15.6 Å². The largest absolute Gasteiger partial charge is 0.490 e. The van der Waals surface area contributed by atoms with Crippen molar-refractivity contribution in [1.29, 1.82) is 0 Å². The number of H-pyrrole nitrogens is 1. The van der Waals surface area contributed by atoms with Crippen molar-refractivity contribution in [2.24, 2.45) is 5.92 Å². The smallest absolute Gasteiger partial charge is 0.449 e. The molecule has 200 valence electrons. The Morgan fingerprint density at radius 3 is 2.51 bits per heavy atom. The number of aromatic amines is 1. The molecule has 0 aliphatic rings. The number of alkyl halides is 3. The molecule has 6 nitrogen and oxygen atoms in total. The van der Waals surface area contributed by atoms with Crippen molar-refractivity contribution < 1.29 is 27.5 Å². The summed E-state index contributed by atoms with van der Waals surface area (Å²) in [5, 5.41) is 7.31. The lowest BCUT2D eigenvalue weighted by Gasteiger charge is -2.22. The molecule has 0 bridgehead atoms. The van der Waals surface area contributed by atoms with Crippen LogP contribution in [0, 0.1) is 5.92 Å². The van der Waals surface area contributed by atoms with Crippen LogP contribution in [-0.4, -0.2) is 42.2 Å². The van der Waals surface area contributed by atoms with Gasteiger partial charge in [0.15, 0.2) is 0 Å². The van der Waals surface area contributed by atoms with Crippen molar-refractivity contribution in [3.05, 3.63) is 70.4 Å². The maximum absolute atomic E-state index is 12.8. The third-order valence-corrected chi connectivity index (χ3v) is 6.17. The number of hydrogen-bond acceptors (Lipinski definition) is 4. The van der Waals surface area contributed by atoms with Crippen molar-refractivity contribution >= 4 is 34.4 Å². The molecule has 0 fully saturated rings. The Labute approximate surface area is 218 Å². The van der Waals surface area contributed by atoms with Gasteiger partial charge in [-0.15, -0.1) is 0 Å². The third-order valence-electron chi connectivity index (χ3n) is 5.93. The number of halogens is 4. The molecule has 1 amide bonds. The number of hydrogen-bond donors (Lipinski definition) is 3. The molecule has 0 aliphatic carbocycles. The van der Waals surface area contributed by atoms with E-state index in [2.05, 4.69) is 29.5 Å². The molecular weight excluding hydrogens is 507 g/mol. The number of ether oxygens (including phenoxy) is 1. The van der Waals surface area contributed by atoms with Crippen molar-refractivity contribution in [2.75, 3.05) is 13.1 Å². The molecule has 3 aromatic rings. The predicted molar refractivity (Wildman–Crippen MR) is 138 cm³/mol. The Hall–Kier alpha value is -3.04. The Morgan fingerprint density at radius 2 is 1.84 bits per heavy atom. The molecule has 1 heterocycles. The predicted octanol–water partition coefficient (Wildman–Crippen LogP) is 5.96. The molecule has 37 heavy (non-hydrogen) atoms. The number of nitrogens with one attached hydrogen (secondary N) is 3. The monoisotopic (exact) mass is 537 g/mol. The third kappa shape index (κ3) is 7.97. The summed E-state index contributed by atoms with van der Waals surface area (Å²) >= 11 is 5.99. The van der Waals surface area contributed by atoms with Crippen LogP contribution in [-0.2, 0) is 16.0 Å². The van der Waals surface area contributed by atoms with Crippen LogP contribution in [0.1, 0.15) is 54.8 Å². The van der Waals surface area contributed by atoms with Gasteiger partial charge in [0, 0.05) is 35.7 Å². The normalized spacial score (nSPS) is 13.5. The van der Waals surface area contributed by atoms with Gasteiger partial charge in [-0.05, 0) is 55.0 Å². The van der Waals surface area contributed by atoms with E-state index >= 15 is 0 Å². The fourth-order valence-corrected chi connectivity index (χ4v) is 4.18. The quantitative estimate of drug-likeness (QED) is 0.263. The number of rotatable bonds is 11. The van der Waals surface area contributed by atoms with E-state index in [1.54, 1.807) is 24.3 Å². The van der Waals surface area contributed by atoms with Crippen LogP contribution in [0.3, 0.4) is 0 Å². The van der Waals surface area contributed by atoms with Gasteiger partial charge in [0.1, 0.15) is 6.10 Å². The molecular formula is C27H31ClF3N3O3. The molecule has 0 unspecified atom stereocenters. The highest BCUT2D eigenvalue weighted by atomic mass is 35.5. The Balaban J connectivity index is 1.69. The van der Waals surface area contributed by atoms with Gasteiger partial charge in [-0.1, -0.05) is 49.7 Å². The van der Waals surface area contributed by atoms with Crippen molar-refractivity contribution in [3.8, 4) is 0 Å². The highest BCUT2D eigenvalue weighted by molar-refractivity contribution is 6.30. The van der Waals surface area contributed by atoms with Crippen LogP contribution in [0.2, 0.25) is 5.02 Å². The van der Waals surface area contributed by atoms with Gasteiger partial charge >= 0.3 is 12.1 Å². The maximum atomic E-state index is 12.8. The minimum atomic E-state index is -5.11. The highest BCUT2D eigenvalue weighted by Crippen LogP contribution is 2.26. The van der Waals surface area contributed by atoms with Crippen LogP contribution in [0.15, 0.2) is 48.7 Å². The van der Waals surface area contributed by atoms with Crippen molar-refractivity contribution in [3.63, 3.8) is 0 Å². The van der Waals surface area contributed by atoms with E-state index in [1.165, 1.54) is 6.07 Å². The zero-order valence-corrected chi connectivity index (χ0v) is 21.7. The standard InChI is InChI=1S/C27H31ClF3N3O3/c1-16(2)10-11-32-25(35)22-9-5-8-21-19(14-34-24(21)22)12-17(3)33-15-23(37-26(36)27(29,30)31)18-6-4-7-20(28)13-18/h4-9,13-14,16-17,23,33-34H,10-12,15H2,1-3H3,(H,32,35)/t17-,23+/m1/s1. The van der Waals surface area contributed by atoms with Crippen LogP contribution >= 0.6 is 11.6 Å². The fourth-order valence-electron chi connectivity index (χ4n) is 3.98. The van der Waals surface area contributed by atoms with Gasteiger partial charge in [-0.2, -0.15) is 13.2 Å². The molecule has 0 spiro atoms. The summed E-state index contributed by atoms with van der Waals surface area (Å²) in [5.41, 5.74) is 2.57. The van der Waals surface area contributed by atoms with E-state index in [0.29, 0.717) is 35.0 Å². The van der Waals surface area contributed by atoms with Gasteiger partial charge in [0.05, 0.1) is 11.1 Å². The first-order valence-corrected chi connectivity index (χ1v) is 12.5. The molecule has 3 rings (SSSR count). The molecule has 0 saturated carbocycles. The summed E-state index contributed by atoms with van der Waals surface area (Å²) in [5.74, 6) is -1.93. The number of benzene rings is 2. The first kappa shape index (κ1) is 28.5. The zero-order chi connectivity index (χ0) is 27.2. The molecule has 2 aromatic carbocycles. The lowest BCUT2D eigenvalue weighted by molar-refractivity contribution is -0.205. The summed E-state index contributed by atoms with van der Waals surface area (Å²) < 4.78 is 43.3.